The highest BCUT2D eigenvalue weighted by Crippen LogP contribution is 2.29. The summed E-state index contributed by atoms with van der Waals surface area (Å²) >= 11 is 1.65. The standard InChI is InChI=1S/C13H20N4S/c1-7(2)5-8(3)15-11-10-6-9(4)18-12(10)17-13(14)16-11/h6-8H,5H2,1-4H3,(H3,14,15,16,17). The molecule has 0 aliphatic rings. The SMILES string of the molecule is Cc1cc2c(NC(C)CC(C)C)nc(N)nc2s1. The zero-order valence-corrected chi connectivity index (χ0v) is 12.1. The Hall–Kier alpha value is -1.36. The van der Waals surface area contributed by atoms with Crippen LogP contribution in [0.2, 0.25) is 0 Å². The van der Waals surface area contributed by atoms with Crippen LogP contribution in [0.4, 0.5) is 11.8 Å². The third-order valence-electron chi connectivity index (χ3n) is 2.74. The number of thiophene rings is 1. The zero-order valence-electron chi connectivity index (χ0n) is 11.3. The van der Waals surface area contributed by atoms with Gasteiger partial charge in [-0.05, 0) is 32.3 Å². The van der Waals surface area contributed by atoms with E-state index in [1.807, 2.05) is 0 Å². The highest BCUT2D eigenvalue weighted by molar-refractivity contribution is 7.18. The van der Waals surface area contributed by atoms with Crippen LogP contribution in [0.15, 0.2) is 6.07 Å². The van der Waals surface area contributed by atoms with Crippen molar-refractivity contribution in [3.8, 4) is 0 Å². The van der Waals surface area contributed by atoms with Crippen LogP contribution in [0.5, 0.6) is 0 Å². The summed E-state index contributed by atoms with van der Waals surface area (Å²) < 4.78 is 0. The van der Waals surface area contributed by atoms with Crippen molar-refractivity contribution in [3.63, 3.8) is 0 Å². The second-order valence-electron chi connectivity index (χ2n) is 5.18. The van der Waals surface area contributed by atoms with Gasteiger partial charge in [0.25, 0.3) is 0 Å². The van der Waals surface area contributed by atoms with Crippen LogP contribution in [-0.2, 0) is 0 Å². The van der Waals surface area contributed by atoms with Gasteiger partial charge in [0, 0.05) is 10.9 Å². The predicted molar refractivity (Wildman–Crippen MR) is 79.1 cm³/mol. The molecule has 2 heterocycles. The van der Waals surface area contributed by atoms with Crippen molar-refractivity contribution in [1.29, 1.82) is 0 Å². The van der Waals surface area contributed by atoms with Crippen LogP contribution < -0.4 is 11.1 Å². The minimum absolute atomic E-state index is 0.337. The first-order valence-corrected chi connectivity index (χ1v) is 7.07. The van der Waals surface area contributed by atoms with Crippen LogP contribution >= 0.6 is 11.3 Å². The van der Waals surface area contributed by atoms with Crippen LogP contribution in [0, 0.1) is 12.8 Å². The Kier molecular flexibility index (Phi) is 3.71. The number of aryl methyl sites for hydroxylation is 1. The fourth-order valence-corrected chi connectivity index (χ4v) is 3.05. The van der Waals surface area contributed by atoms with E-state index in [0.717, 1.165) is 22.5 Å². The molecule has 3 N–H and O–H groups in total. The van der Waals surface area contributed by atoms with E-state index in [1.54, 1.807) is 11.3 Å². The van der Waals surface area contributed by atoms with Gasteiger partial charge in [0.1, 0.15) is 10.6 Å². The number of hydrogen-bond acceptors (Lipinski definition) is 5. The molecule has 1 unspecified atom stereocenters. The molecule has 0 saturated carbocycles. The molecule has 0 spiro atoms. The molecule has 4 nitrogen and oxygen atoms in total. The normalized spacial score (nSPS) is 13.2. The molecule has 2 rings (SSSR count). The second kappa shape index (κ2) is 5.10. The molecule has 1 atom stereocenters. The van der Waals surface area contributed by atoms with Crippen LogP contribution in [-0.4, -0.2) is 16.0 Å². The number of fused-ring (bicyclic) bond motifs is 1. The number of nitrogens with zero attached hydrogens (tertiary/aromatic N) is 2. The smallest absolute Gasteiger partial charge is 0.223 e. The van der Waals surface area contributed by atoms with Crippen molar-refractivity contribution in [1.82, 2.24) is 9.97 Å². The fraction of sp³-hybridized carbons (Fsp3) is 0.538. The van der Waals surface area contributed by atoms with Gasteiger partial charge in [0.05, 0.1) is 5.39 Å². The van der Waals surface area contributed by atoms with E-state index in [1.165, 1.54) is 4.88 Å². The van der Waals surface area contributed by atoms with Crippen molar-refractivity contribution in [2.24, 2.45) is 5.92 Å². The molecule has 0 amide bonds. The minimum atomic E-state index is 0.337. The lowest BCUT2D eigenvalue weighted by atomic mass is 10.1. The average Bonchev–Trinajstić information content (AvgIpc) is 2.56. The quantitative estimate of drug-likeness (QED) is 0.888. The van der Waals surface area contributed by atoms with Crippen molar-refractivity contribution in [2.45, 2.75) is 40.2 Å². The number of rotatable bonds is 4. The number of nitrogens with two attached hydrogens (primary N) is 1. The summed E-state index contributed by atoms with van der Waals surface area (Å²) in [5.74, 6) is 1.85. The summed E-state index contributed by atoms with van der Waals surface area (Å²) in [5, 5.41) is 4.52. The summed E-state index contributed by atoms with van der Waals surface area (Å²) in [4.78, 5) is 10.8. The molecular formula is C13H20N4S. The topological polar surface area (TPSA) is 63.8 Å². The third-order valence-corrected chi connectivity index (χ3v) is 3.69. The van der Waals surface area contributed by atoms with Crippen molar-refractivity contribution in [3.05, 3.63) is 10.9 Å². The molecule has 0 aliphatic heterocycles. The summed E-state index contributed by atoms with van der Waals surface area (Å²) in [5.41, 5.74) is 5.76. The monoisotopic (exact) mass is 264 g/mol. The molecule has 0 aliphatic carbocycles. The van der Waals surface area contributed by atoms with Gasteiger partial charge in [-0.2, -0.15) is 4.98 Å². The van der Waals surface area contributed by atoms with E-state index in [9.17, 15) is 0 Å². The van der Waals surface area contributed by atoms with Gasteiger partial charge in [-0.3, -0.25) is 0 Å². The van der Waals surface area contributed by atoms with Crippen LogP contribution in [0.3, 0.4) is 0 Å². The predicted octanol–water partition coefficient (Wildman–Crippen LogP) is 3.43. The number of anilines is 2. The maximum absolute atomic E-state index is 5.76. The summed E-state index contributed by atoms with van der Waals surface area (Å²) in [6.07, 6.45) is 1.11. The van der Waals surface area contributed by atoms with Gasteiger partial charge in [-0.25, -0.2) is 4.98 Å². The first-order chi connectivity index (χ1) is 8.45. The molecule has 0 saturated heterocycles. The number of aromatic nitrogens is 2. The lowest BCUT2D eigenvalue weighted by Crippen LogP contribution is -2.18. The summed E-state index contributed by atoms with van der Waals surface area (Å²) in [7, 11) is 0. The molecule has 0 bridgehead atoms. The van der Waals surface area contributed by atoms with E-state index in [-0.39, 0.29) is 0 Å². The molecule has 18 heavy (non-hydrogen) atoms. The van der Waals surface area contributed by atoms with Crippen molar-refractivity contribution in [2.75, 3.05) is 11.1 Å². The Morgan fingerprint density at radius 1 is 1.33 bits per heavy atom. The van der Waals surface area contributed by atoms with E-state index in [0.29, 0.717) is 17.9 Å². The van der Waals surface area contributed by atoms with E-state index in [4.69, 9.17) is 5.73 Å². The number of nitrogens with one attached hydrogen (secondary N) is 1. The molecule has 0 fully saturated rings. The van der Waals surface area contributed by atoms with Gasteiger partial charge in [-0.15, -0.1) is 11.3 Å². The third kappa shape index (κ3) is 2.90. The Morgan fingerprint density at radius 3 is 2.72 bits per heavy atom. The number of nitrogen functional groups attached to an aromatic ring is 1. The Bertz CT molecular complexity index is 547. The van der Waals surface area contributed by atoms with Crippen LogP contribution in [0.1, 0.15) is 32.1 Å². The van der Waals surface area contributed by atoms with Crippen molar-refractivity contribution >= 4 is 33.3 Å². The average molecular weight is 264 g/mol. The van der Waals surface area contributed by atoms with Gasteiger partial charge in [-0.1, -0.05) is 13.8 Å². The molecule has 2 aromatic heterocycles. The highest BCUT2D eigenvalue weighted by Gasteiger charge is 2.12. The Labute approximate surface area is 112 Å². The highest BCUT2D eigenvalue weighted by atomic mass is 32.1. The van der Waals surface area contributed by atoms with Gasteiger partial charge in [0.2, 0.25) is 5.95 Å². The molecule has 98 valence electrons. The van der Waals surface area contributed by atoms with Gasteiger partial charge >= 0.3 is 0 Å². The minimum Gasteiger partial charge on any atom is -0.368 e. The molecule has 2 aromatic rings. The van der Waals surface area contributed by atoms with E-state index < -0.39 is 0 Å². The Morgan fingerprint density at radius 2 is 2.06 bits per heavy atom. The fourth-order valence-electron chi connectivity index (χ4n) is 2.17. The maximum Gasteiger partial charge on any atom is 0.223 e. The van der Waals surface area contributed by atoms with E-state index in [2.05, 4.69) is 49.0 Å². The maximum atomic E-state index is 5.76. The van der Waals surface area contributed by atoms with Crippen molar-refractivity contribution < 1.29 is 0 Å². The first-order valence-electron chi connectivity index (χ1n) is 6.26. The molecule has 5 heteroatoms. The first kappa shape index (κ1) is 13.1. The van der Waals surface area contributed by atoms with Crippen LogP contribution in [0.25, 0.3) is 10.2 Å². The Balaban J connectivity index is 2.31. The summed E-state index contributed by atoms with van der Waals surface area (Å²) in [6, 6.07) is 2.49. The lowest BCUT2D eigenvalue weighted by Gasteiger charge is -2.17. The lowest BCUT2D eigenvalue weighted by molar-refractivity contribution is 0.539. The molecule has 0 aromatic carbocycles. The molecular weight excluding hydrogens is 244 g/mol. The number of hydrogen-bond donors (Lipinski definition) is 2. The second-order valence-corrected chi connectivity index (χ2v) is 6.42. The van der Waals surface area contributed by atoms with E-state index >= 15 is 0 Å². The summed E-state index contributed by atoms with van der Waals surface area (Å²) in [6.45, 7) is 8.68. The zero-order chi connectivity index (χ0) is 13.3. The van der Waals surface area contributed by atoms with Gasteiger partial charge < -0.3 is 11.1 Å². The largest absolute Gasteiger partial charge is 0.368 e. The molecule has 0 radical (unpaired) electrons. The van der Waals surface area contributed by atoms with Gasteiger partial charge in [0.15, 0.2) is 0 Å².